The largest absolute Gasteiger partial charge is 0.478 e. The summed E-state index contributed by atoms with van der Waals surface area (Å²) in [6.07, 6.45) is -4.01. The van der Waals surface area contributed by atoms with E-state index in [1.807, 2.05) is 18.4 Å². The molecule has 0 amide bonds. The summed E-state index contributed by atoms with van der Waals surface area (Å²) in [4.78, 5) is 11.1. The SMILES string of the molecule is CC.O=C(O)c1ccc2c(c1)cc(Cc1ccc(C(F)(F)F)cc1)n2CCO. The third-order valence-electron chi connectivity index (χ3n) is 4.22. The first kappa shape index (κ1) is 21.5. The Balaban J connectivity index is 0.00000136. The number of fused-ring (bicyclic) bond motifs is 1. The van der Waals surface area contributed by atoms with Crippen LogP contribution < -0.4 is 0 Å². The first-order valence-corrected chi connectivity index (χ1v) is 8.92. The standard InChI is InChI=1S/C19H16F3NO3.C2H6/c20-19(21,22)15-4-1-12(2-5-15)9-16-11-14-10-13(18(25)26)3-6-17(14)23(16)7-8-24;1-2/h1-6,10-11,24H,7-9H2,(H,25,26);1-2H3. The van der Waals surface area contributed by atoms with Crippen LogP contribution in [0.5, 0.6) is 0 Å². The predicted octanol–water partition coefficient (Wildman–Crippen LogP) is 4.97. The van der Waals surface area contributed by atoms with E-state index in [1.54, 1.807) is 18.2 Å². The van der Waals surface area contributed by atoms with Gasteiger partial charge >= 0.3 is 12.1 Å². The maximum Gasteiger partial charge on any atom is 0.416 e. The number of carbonyl (C=O) groups is 1. The molecular formula is C21H22F3NO3. The van der Waals surface area contributed by atoms with Gasteiger partial charge in [-0.2, -0.15) is 13.2 Å². The second-order valence-corrected chi connectivity index (χ2v) is 5.96. The van der Waals surface area contributed by atoms with E-state index < -0.39 is 17.7 Å². The summed E-state index contributed by atoms with van der Waals surface area (Å²) in [6, 6.07) is 11.4. The molecule has 2 N–H and O–H groups in total. The molecule has 1 aromatic heterocycles. The van der Waals surface area contributed by atoms with Gasteiger partial charge in [0.1, 0.15) is 0 Å². The van der Waals surface area contributed by atoms with Gasteiger partial charge in [-0.15, -0.1) is 0 Å². The molecule has 4 nitrogen and oxygen atoms in total. The van der Waals surface area contributed by atoms with E-state index >= 15 is 0 Å². The van der Waals surface area contributed by atoms with E-state index in [9.17, 15) is 23.1 Å². The molecule has 28 heavy (non-hydrogen) atoms. The number of alkyl halides is 3. The Morgan fingerprint density at radius 2 is 1.68 bits per heavy atom. The summed E-state index contributed by atoms with van der Waals surface area (Å²) in [6.45, 7) is 4.20. The third kappa shape index (κ3) is 4.72. The van der Waals surface area contributed by atoms with Crippen molar-refractivity contribution in [3.8, 4) is 0 Å². The highest BCUT2D eigenvalue weighted by Crippen LogP contribution is 2.30. The Hall–Kier alpha value is -2.80. The molecule has 2 aromatic carbocycles. The van der Waals surface area contributed by atoms with Crippen molar-refractivity contribution >= 4 is 16.9 Å². The lowest BCUT2D eigenvalue weighted by Crippen LogP contribution is -2.07. The molecular weight excluding hydrogens is 371 g/mol. The van der Waals surface area contributed by atoms with Gasteiger partial charge in [0.15, 0.2) is 0 Å². The summed E-state index contributed by atoms with van der Waals surface area (Å²) < 4.78 is 39.9. The minimum atomic E-state index is -4.38. The van der Waals surface area contributed by atoms with Crippen LogP contribution in [0.1, 0.15) is 41.0 Å². The number of aromatic nitrogens is 1. The van der Waals surface area contributed by atoms with E-state index in [4.69, 9.17) is 5.11 Å². The van der Waals surface area contributed by atoms with Gasteiger partial charge in [0, 0.05) is 29.6 Å². The Morgan fingerprint density at radius 1 is 1.04 bits per heavy atom. The van der Waals surface area contributed by atoms with Crippen LogP contribution in [-0.4, -0.2) is 27.4 Å². The molecule has 0 radical (unpaired) electrons. The van der Waals surface area contributed by atoms with Crippen molar-refractivity contribution in [1.82, 2.24) is 4.57 Å². The van der Waals surface area contributed by atoms with Gasteiger partial charge in [0.2, 0.25) is 0 Å². The van der Waals surface area contributed by atoms with Crippen molar-refractivity contribution in [3.63, 3.8) is 0 Å². The molecule has 0 atom stereocenters. The molecule has 1 heterocycles. The van der Waals surface area contributed by atoms with E-state index in [0.29, 0.717) is 23.9 Å². The van der Waals surface area contributed by atoms with Crippen LogP contribution in [0.25, 0.3) is 10.9 Å². The van der Waals surface area contributed by atoms with Crippen LogP contribution in [0.15, 0.2) is 48.5 Å². The Bertz CT molecular complexity index is 944. The molecule has 0 bridgehead atoms. The zero-order chi connectivity index (χ0) is 20.9. The molecule has 150 valence electrons. The molecule has 7 heteroatoms. The zero-order valence-electron chi connectivity index (χ0n) is 15.6. The number of rotatable bonds is 5. The Kier molecular flexibility index (Phi) is 6.85. The lowest BCUT2D eigenvalue weighted by atomic mass is 10.1. The van der Waals surface area contributed by atoms with E-state index in [2.05, 4.69) is 0 Å². The van der Waals surface area contributed by atoms with Gasteiger partial charge in [-0.25, -0.2) is 4.79 Å². The first-order valence-electron chi connectivity index (χ1n) is 8.92. The minimum Gasteiger partial charge on any atom is -0.478 e. The molecule has 0 saturated heterocycles. The molecule has 0 aliphatic heterocycles. The number of hydrogen-bond donors (Lipinski definition) is 2. The summed E-state index contributed by atoms with van der Waals surface area (Å²) in [5.74, 6) is -1.04. The van der Waals surface area contributed by atoms with Gasteiger partial charge in [-0.1, -0.05) is 26.0 Å². The second-order valence-electron chi connectivity index (χ2n) is 5.96. The second kappa shape index (κ2) is 8.93. The monoisotopic (exact) mass is 393 g/mol. The van der Waals surface area contributed by atoms with Gasteiger partial charge in [0.25, 0.3) is 0 Å². The van der Waals surface area contributed by atoms with Crippen LogP contribution in [0, 0.1) is 0 Å². The molecule has 0 saturated carbocycles. The normalized spacial score (nSPS) is 11.2. The highest BCUT2D eigenvalue weighted by molar-refractivity contribution is 5.94. The molecule has 0 spiro atoms. The predicted molar refractivity (Wildman–Crippen MR) is 102 cm³/mol. The van der Waals surface area contributed by atoms with Gasteiger partial charge in [-0.05, 0) is 42.0 Å². The average Bonchev–Trinajstić information content (AvgIpc) is 3.00. The number of carboxylic acids is 1. The highest BCUT2D eigenvalue weighted by atomic mass is 19.4. The van der Waals surface area contributed by atoms with Crippen LogP contribution in [0.2, 0.25) is 0 Å². The number of aliphatic hydroxyl groups is 1. The summed E-state index contributed by atoms with van der Waals surface area (Å²) >= 11 is 0. The number of nitrogens with zero attached hydrogens (tertiary/aromatic N) is 1. The number of aromatic carboxylic acids is 1. The summed E-state index contributed by atoms with van der Waals surface area (Å²) in [5.41, 5.74) is 1.70. The molecule has 0 unspecified atom stereocenters. The van der Waals surface area contributed by atoms with Crippen molar-refractivity contribution in [2.45, 2.75) is 33.0 Å². The van der Waals surface area contributed by atoms with E-state index in [0.717, 1.165) is 23.3 Å². The van der Waals surface area contributed by atoms with E-state index in [-0.39, 0.29) is 12.2 Å². The fourth-order valence-electron chi connectivity index (χ4n) is 2.99. The van der Waals surface area contributed by atoms with Crippen LogP contribution in [0.3, 0.4) is 0 Å². The van der Waals surface area contributed by atoms with Crippen molar-refractivity contribution in [2.75, 3.05) is 6.61 Å². The zero-order valence-corrected chi connectivity index (χ0v) is 15.6. The van der Waals surface area contributed by atoms with Crippen LogP contribution >= 0.6 is 0 Å². The molecule has 0 aliphatic carbocycles. The van der Waals surface area contributed by atoms with Crippen LogP contribution in [-0.2, 0) is 19.1 Å². The lowest BCUT2D eigenvalue weighted by Gasteiger charge is -2.11. The number of aliphatic hydroxyl groups excluding tert-OH is 1. The highest BCUT2D eigenvalue weighted by Gasteiger charge is 2.29. The van der Waals surface area contributed by atoms with Gasteiger partial charge < -0.3 is 14.8 Å². The molecule has 0 aliphatic rings. The maximum absolute atomic E-state index is 12.7. The maximum atomic E-state index is 12.7. The summed E-state index contributed by atoms with van der Waals surface area (Å²) in [7, 11) is 0. The summed E-state index contributed by atoms with van der Waals surface area (Å²) in [5, 5.41) is 19.1. The first-order chi connectivity index (χ1) is 13.3. The van der Waals surface area contributed by atoms with Crippen LogP contribution in [0.4, 0.5) is 13.2 Å². The van der Waals surface area contributed by atoms with Crippen molar-refractivity contribution in [2.24, 2.45) is 0 Å². The molecule has 0 fully saturated rings. The third-order valence-corrected chi connectivity index (χ3v) is 4.22. The fraction of sp³-hybridized carbons (Fsp3) is 0.286. The average molecular weight is 393 g/mol. The number of hydrogen-bond acceptors (Lipinski definition) is 2. The minimum absolute atomic E-state index is 0.107. The fourth-order valence-corrected chi connectivity index (χ4v) is 2.99. The smallest absolute Gasteiger partial charge is 0.416 e. The van der Waals surface area contributed by atoms with Crippen molar-refractivity contribution in [3.05, 3.63) is 70.9 Å². The quantitative estimate of drug-likeness (QED) is 0.644. The number of carboxylic acid groups (broad SMARTS) is 1. The number of halogens is 3. The van der Waals surface area contributed by atoms with Crippen molar-refractivity contribution in [1.29, 1.82) is 0 Å². The van der Waals surface area contributed by atoms with Gasteiger partial charge in [-0.3, -0.25) is 0 Å². The Labute approximate surface area is 160 Å². The van der Waals surface area contributed by atoms with E-state index in [1.165, 1.54) is 18.2 Å². The van der Waals surface area contributed by atoms with Gasteiger partial charge in [0.05, 0.1) is 17.7 Å². The molecule has 3 rings (SSSR count). The lowest BCUT2D eigenvalue weighted by molar-refractivity contribution is -0.137. The Morgan fingerprint density at radius 3 is 2.21 bits per heavy atom. The topological polar surface area (TPSA) is 62.5 Å². The van der Waals surface area contributed by atoms with Crippen molar-refractivity contribution < 1.29 is 28.2 Å². The molecule has 3 aromatic rings. The number of benzene rings is 2.